The van der Waals surface area contributed by atoms with Gasteiger partial charge in [0.15, 0.2) is 0 Å². The topological polar surface area (TPSA) is 44.4 Å². The van der Waals surface area contributed by atoms with Crippen LogP contribution >= 0.6 is 0 Å². The molecule has 2 N–H and O–H groups in total. The molecule has 0 aromatic rings. The molecule has 0 spiro atoms. The fourth-order valence-corrected chi connectivity index (χ4v) is 2.15. The molecule has 1 rings (SSSR count). The Kier molecular flexibility index (Phi) is 5.77. The number of hydrogen-bond acceptors (Lipinski definition) is 3. The average molecular weight is 227 g/mol. The highest BCUT2D eigenvalue weighted by Crippen LogP contribution is 2.17. The minimum Gasteiger partial charge on any atom is -0.353 e. The van der Waals surface area contributed by atoms with Gasteiger partial charge in [-0.05, 0) is 46.3 Å². The summed E-state index contributed by atoms with van der Waals surface area (Å²) in [5, 5.41) is 6.14. The third-order valence-corrected chi connectivity index (χ3v) is 3.25. The van der Waals surface area contributed by atoms with Crippen molar-refractivity contribution in [2.75, 3.05) is 26.7 Å². The van der Waals surface area contributed by atoms with Crippen molar-refractivity contribution in [3.8, 4) is 0 Å². The van der Waals surface area contributed by atoms with Gasteiger partial charge >= 0.3 is 0 Å². The molecule has 0 aliphatic carbocycles. The van der Waals surface area contributed by atoms with E-state index in [2.05, 4.69) is 29.4 Å². The largest absolute Gasteiger partial charge is 0.353 e. The van der Waals surface area contributed by atoms with Gasteiger partial charge in [0.25, 0.3) is 0 Å². The normalized spacial score (nSPS) is 23.3. The molecule has 94 valence electrons. The van der Waals surface area contributed by atoms with Crippen LogP contribution in [-0.4, -0.2) is 49.6 Å². The highest BCUT2D eigenvalue weighted by molar-refractivity contribution is 5.82. The van der Waals surface area contributed by atoms with Crippen LogP contribution in [0.25, 0.3) is 0 Å². The molecule has 2 atom stereocenters. The molecular weight excluding hydrogens is 202 g/mol. The van der Waals surface area contributed by atoms with Crippen LogP contribution in [-0.2, 0) is 4.79 Å². The van der Waals surface area contributed by atoms with E-state index in [1.165, 1.54) is 0 Å². The Bertz CT molecular complexity index is 220. The lowest BCUT2D eigenvalue weighted by Gasteiger charge is -2.23. The van der Waals surface area contributed by atoms with Gasteiger partial charge in [-0.2, -0.15) is 0 Å². The van der Waals surface area contributed by atoms with Gasteiger partial charge in [-0.15, -0.1) is 0 Å². The molecule has 16 heavy (non-hydrogen) atoms. The number of hydrogen-bond donors (Lipinski definition) is 2. The summed E-state index contributed by atoms with van der Waals surface area (Å²) in [6, 6.07) is 0.453. The van der Waals surface area contributed by atoms with E-state index in [0.717, 1.165) is 32.4 Å². The van der Waals surface area contributed by atoms with Crippen LogP contribution in [0.1, 0.15) is 33.1 Å². The van der Waals surface area contributed by atoms with Crippen molar-refractivity contribution in [3.05, 3.63) is 0 Å². The summed E-state index contributed by atoms with van der Waals surface area (Å²) in [4.78, 5) is 14.3. The third-order valence-electron chi connectivity index (χ3n) is 3.25. The molecule has 1 aliphatic heterocycles. The molecule has 0 aromatic heterocycles. The van der Waals surface area contributed by atoms with Crippen molar-refractivity contribution >= 4 is 5.91 Å². The second kappa shape index (κ2) is 6.86. The van der Waals surface area contributed by atoms with Crippen molar-refractivity contribution in [2.45, 2.75) is 45.2 Å². The van der Waals surface area contributed by atoms with Crippen LogP contribution in [0.5, 0.6) is 0 Å². The molecule has 0 radical (unpaired) electrons. The van der Waals surface area contributed by atoms with E-state index >= 15 is 0 Å². The molecule has 2 unspecified atom stereocenters. The summed E-state index contributed by atoms with van der Waals surface area (Å²) in [5.74, 6) is 0.202. The quantitative estimate of drug-likeness (QED) is 0.698. The predicted molar refractivity (Wildman–Crippen MR) is 66.4 cm³/mol. The highest BCUT2D eigenvalue weighted by atomic mass is 16.2. The summed E-state index contributed by atoms with van der Waals surface area (Å²) in [5.41, 5.74) is 0. The molecule has 1 fully saturated rings. The van der Waals surface area contributed by atoms with Gasteiger partial charge in [-0.3, -0.25) is 9.69 Å². The number of likely N-dealkylation sites (tertiary alicyclic amines) is 1. The van der Waals surface area contributed by atoms with Crippen LogP contribution < -0.4 is 10.6 Å². The molecule has 4 nitrogen and oxygen atoms in total. The number of carbonyl (C=O) groups is 1. The van der Waals surface area contributed by atoms with Crippen molar-refractivity contribution in [2.24, 2.45) is 0 Å². The maximum absolute atomic E-state index is 12.0. The Balaban J connectivity index is 2.34. The summed E-state index contributed by atoms with van der Waals surface area (Å²) in [6.45, 7) is 7.06. The SMILES string of the molecule is CCCN1CCCC1C(=O)NCC(C)NC. The summed E-state index contributed by atoms with van der Waals surface area (Å²) in [6.07, 6.45) is 3.29. The van der Waals surface area contributed by atoms with Crippen molar-refractivity contribution in [1.82, 2.24) is 15.5 Å². The Hall–Kier alpha value is -0.610. The first-order valence-corrected chi connectivity index (χ1v) is 6.38. The number of rotatable bonds is 6. The lowest BCUT2D eigenvalue weighted by atomic mass is 10.2. The summed E-state index contributed by atoms with van der Waals surface area (Å²) >= 11 is 0. The lowest BCUT2D eigenvalue weighted by Crippen LogP contribution is -2.46. The van der Waals surface area contributed by atoms with Crippen LogP contribution in [0.4, 0.5) is 0 Å². The highest BCUT2D eigenvalue weighted by Gasteiger charge is 2.29. The molecule has 0 bridgehead atoms. The van der Waals surface area contributed by atoms with E-state index in [4.69, 9.17) is 0 Å². The number of nitrogens with one attached hydrogen (secondary N) is 2. The smallest absolute Gasteiger partial charge is 0.237 e. The zero-order valence-corrected chi connectivity index (χ0v) is 10.8. The van der Waals surface area contributed by atoms with E-state index in [1.54, 1.807) is 0 Å². The molecule has 0 saturated carbocycles. The predicted octanol–water partition coefficient (Wildman–Crippen LogP) is 0.585. The van der Waals surface area contributed by atoms with Gasteiger partial charge in [0.2, 0.25) is 5.91 Å². The molecule has 1 saturated heterocycles. The first-order valence-electron chi connectivity index (χ1n) is 6.38. The number of carbonyl (C=O) groups excluding carboxylic acids is 1. The van der Waals surface area contributed by atoms with Crippen LogP contribution in [0, 0.1) is 0 Å². The molecule has 4 heteroatoms. The van der Waals surface area contributed by atoms with Gasteiger partial charge in [0.05, 0.1) is 6.04 Å². The van der Waals surface area contributed by atoms with E-state index in [9.17, 15) is 4.79 Å². The van der Waals surface area contributed by atoms with Gasteiger partial charge in [0.1, 0.15) is 0 Å². The second-order valence-corrected chi connectivity index (χ2v) is 4.63. The zero-order valence-electron chi connectivity index (χ0n) is 10.8. The maximum Gasteiger partial charge on any atom is 0.237 e. The Labute approximate surface area is 98.8 Å². The number of amides is 1. The van der Waals surface area contributed by atoms with E-state index in [0.29, 0.717) is 12.6 Å². The first-order chi connectivity index (χ1) is 7.69. The fraction of sp³-hybridized carbons (Fsp3) is 0.917. The summed E-state index contributed by atoms with van der Waals surface area (Å²) < 4.78 is 0. The van der Waals surface area contributed by atoms with E-state index < -0.39 is 0 Å². The van der Waals surface area contributed by atoms with Crippen LogP contribution in [0.3, 0.4) is 0 Å². The standard InChI is InChI=1S/C12H25N3O/c1-4-7-15-8-5-6-11(15)12(16)14-9-10(2)13-3/h10-11,13H,4-9H2,1-3H3,(H,14,16). The molecule has 1 heterocycles. The number of likely N-dealkylation sites (N-methyl/N-ethyl adjacent to an activating group) is 1. The van der Waals surface area contributed by atoms with Gasteiger partial charge in [-0.25, -0.2) is 0 Å². The molecular formula is C12H25N3O. The molecule has 1 amide bonds. The third kappa shape index (κ3) is 3.76. The van der Waals surface area contributed by atoms with E-state index in [1.807, 2.05) is 7.05 Å². The average Bonchev–Trinajstić information content (AvgIpc) is 2.74. The van der Waals surface area contributed by atoms with Crippen molar-refractivity contribution in [3.63, 3.8) is 0 Å². The Morgan fingerprint density at radius 1 is 1.56 bits per heavy atom. The minimum atomic E-state index is 0.115. The first kappa shape index (κ1) is 13.5. The van der Waals surface area contributed by atoms with Crippen molar-refractivity contribution < 1.29 is 4.79 Å². The second-order valence-electron chi connectivity index (χ2n) is 4.63. The van der Waals surface area contributed by atoms with Gasteiger partial charge < -0.3 is 10.6 Å². The molecule has 1 aliphatic rings. The monoisotopic (exact) mass is 227 g/mol. The zero-order chi connectivity index (χ0) is 12.0. The fourth-order valence-electron chi connectivity index (χ4n) is 2.15. The van der Waals surface area contributed by atoms with E-state index in [-0.39, 0.29) is 11.9 Å². The lowest BCUT2D eigenvalue weighted by molar-refractivity contribution is -0.125. The Morgan fingerprint density at radius 2 is 2.31 bits per heavy atom. The molecule has 0 aromatic carbocycles. The maximum atomic E-state index is 12.0. The van der Waals surface area contributed by atoms with Gasteiger partial charge in [-0.1, -0.05) is 6.92 Å². The number of nitrogens with zero attached hydrogens (tertiary/aromatic N) is 1. The summed E-state index contributed by atoms with van der Waals surface area (Å²) in [7, 11) is 1.91. The Morgan fingerprint density at radius 3 is 2.94 bits per heavy atom. The van der Waals surface area contributed by atoms with Gasteiger partial charge in [0, 0.05) is 12.6 Å². The van der Waals surface area contributed by atoms with Crippen LogP contribution in [0.15, 0.2) is 0 Å². The van der Waals surface area contributed by atoms with Crippen molar-refractivity contribution in [1.29, 1.82) is 0 Å². The van der Waals surface area contributed by atoms with Crippen LogP contribution in [0.2, 0.25) is 0 Å². The minimum absolute atomic E-state index is 0.115.